The molecule has 2 aliphatic carbocycles. The van der Waals surface area contributed by atoms with Crippen molar-refractivity contribution < 1.29 is 19.4 Å². The van der Waals surface area contributed by atoms with E-state index in [9.17, 15) is 14.7 Å². The molecular weight excluding hydrogens is 280 g/mol. The molecule has 22 heavy (non-hydrogen) atoms. The second kappa shape index (κ2) is 4.58. The first-order valence-electron chi connectivity index (χ1n) is 7.70. The van der Waals surface area contributed by atoms with Crippen molar-refractivity contribution in [3.8, 4) is 11.5 Å². The number of ether oxygens (including phenoxy) is 1. The van der Waals surface area contributed by atoms with Crippen molar-refractivity contribution in [2.24, 2.45) is 11.3 Å². The Balaban J connectivity index is 2.23. The minimum atomic E-state index is -0.508. The molecule has 0 radical (unpaired) electrons. The second-order valence-corrected chi connectivity index (χ2v) is 7.31. The first kappa shape index (κ1) is 15.1. The van der Waals surface area contributed by atoms with Crippen molar-refractivity contribution >= 4 is 11.6 Å². The van der Waals surface area contributed by atoms with E-state index in [1.807, 2.05) is 13.8 Å². The lowest BCUT2D eigenvalue weighted by molar-refractivity contribution is -0.136. The number of carbonyl (C=O) groups is 2. The van der Waals surface area contributed by atoms with E-state index in [0.717, 1.165) is 12.0 Å². The average Bonchev–Trinajstić information content (AvgIpc) is 2.46. The highest BCUT2D eigenvalue weighted by Gasteiger charge is 2.55. The van der Waals surface area contributed by atoms with Crippen molar-refractivity contribution in [3.05, 3.63) is 23.3 Å². The van der Waals surface area contributed by atoms with Gasteiger partial charge in [-0.25, -0.2) is 0 Å². The molecule has 0 heterocycles. The van der Waals surface area contributed by atoms with Crippen molar-refractivity contribution in [2.45, 2.75) is 45.4 Å². The molecule has 0 saturated heterocycles. The molecular formula is C18H22O4. The summed E-state index contributed by atoms with van der Waals surface area (Å²) in [5.41, 5.74) is 0.721. The van der Waals surface area contributed by atoms with Gasteiger partial charge in [0, 0.05) is 23.8 Å². The molecule has 4 nitrogen and oxygen atoms in total. The molecule has 0 aliphatic heterocycles. The molecule has 1 aromatic carbocycles. The van der Waals surface area contributed by atoms with E-state index in [2.05, 4.69) is 6.92 Å². The lowest BCUT2D eigenvalue weighted by Crippen LogP contribution is -2.53. The van der Waals surface area contributed by atoms with Gasteiger partial charge in [0.15, 0.2) is 17.3 Å². The molecule has 1 aromatic rings. The van der Waals surface area contributed by atoms with Crippen LogP contribution in [0.15, 0.2) is 12.1 Å². The van der Waals surface area contributed by atoms with E-state index < -0.39 is 5.41 Å². The zero-order valence-electron chi connectivity index (χ0n) is 13.5. The third kappa shape index (κ3) is 1.82. The maximum atomic E-state index is 12.6. The Morgan fingerprint density at radius 1 is 1.23 bits per heavy atom. The van der Waals surface area contributed by atoms with Crippen LogP contribution in [0, 0.1) is 11.3 Å². The summed E-state index contributed by atoms with van der Waals surface area (Å²) >= 11 is 0. The van der Waals surface area contributed by atoms with Gasteiger partial charge in [-0.2, -0.15) is 0 Å². The molecule has 2 atom stereocenters. The molecule has 0 aromatic heterocycles. The van der Waals surface area contributed by atoms with E-state index in [-0.39, 0.29) is 28.6 Å². The zero-order valence-corrected chi connectivity index (χ0v) is 13.5. The van der Waals surface area contributed by atoms with E-state index in [0.29, 0.717) is 24.2 Å². The van der Waals surface area contributed by atoms with Crippen molar-refractivity contribution in [3.63, 3.8) is 0 Å². The van der Waals surface area contributed by atoms with E-state index in [4.69, 9.17) is 4.74 Å². The third-order valence-electron chi connectivity index (χ3n) is 5.85. The number of methoxy groups -OCH3 is 1. The molecule has 0 unspecified atom stereocenters. The Kier molecular flexibility index (Phi) is 3.13. The molecule has 1 saturated carbocycles. The number of phenols is 1. The Bertz CT molecular complexity index is 674. The van der Waals surface area contributed by atoms with Gasteiger partial charge in [0.2, 0.25) is 0 Å². The lowest BCUT2D eigenvalue weighted by atomic mass is 9.50. The molecule has 3 rings (SSSR count). The number of hydrogen-bond donors (Lipinski definition) is 1. The number of phenolic OH excluding ortho intramolecular Hbond substituents is 1. The SMILES string of the molecule is COc1cc2c(cc1O)C(=O)C[C@@H]1C(C)(C)C(=O)CC[C@@]21C. The van der Waals surface area contributed by atoms with Gasteiger partial charge >= 0.3 is 0 Å². The molecule has 118 valence electrons. The smallest absolute Gasteiger partial charge is 0.163 e. The standard InChI is InChI=1S/C18H22O4/c1-17(2)15-9-12(19)10-7-13(20)14(22-4)8-11(10)18(15,3)6-5-16(17)21/h7-8,15,20H,5-6,9H2,1-4H3/t15-,18+/m1/s1. The molecule has 0 amide bonds. The van der Waals surface area contributed by atoms with Gasteiger partial charge in [0.25, 0.3) is 0 Å². The van der Waals surface area contributed by atoms with Crippen LogP contribution in [0.1, 0.15) is 56.0 Å². The first-order valence-corrected chi connectivity index (χ1v) is 7.70. The van der Waals surface area contributed by atoms with E-state index in [1.54, 1.807) is 6.07 Å². The number of Topliss-reactive ketones (excluding diaryl/α,β-unsaturated/α-hetero) is 2. The van der Waals surface area contributed by atoms with Crippen molar-refractivity contribution in [2.75, 3.05) is 7.11 Å². The van der Waals surface area contributed by atoms with Gasteiger partial charge in [-0.05, 0) is 35.4 Å². The Hall–Kier alpha value is -1.84. The largest absolute Gasteiger partial charge is 0.504 e. The molecule has 2 aliphatic rings. The Labute approximate surface area is 130 Å². The summed E-state index contributed by atoms with van der Waals surface area (Å²) in [7, 11) is 1.50. The fraction of sp³-hybridized carbons (Fsp3) is 0.556. The Morgan fingerprint density at radius 2 is 1.91 bits per heavy atom. The molecule has 1 N–H and O–H groups in total. The number of benzene rings is 1. The predicted molar refractivity (Wildman–Crippen MR) is 82.5 cm³/mol. The first-order chi connectivity index (χ1) is 10.2. The summed E-state index contributed by atoms with van der Waals surface area (Å²) < 4.78 is 5.22. The van der Waals surface area contributed by atoms with Gasteiger partial charge in [-0.3, -0.25) is 9.59 Å². The summed E-state index contributed by atoms with van der Waals surface area (Å²) in [5, 5.41) is 9.98. The van der Waals surface area contributed by atoms with Crippen LogP contribution in [-0.4, -0.2) is 23.8 Å². The van der Waals surface area contributed by atoms with Crippen LogP contribution in [0.3, 0.4) is 0 Å². The summed E-state index contributed by atoms with van der Waals surface area (Å²) in [5.74, 6) is 0.580. The molecule has 0 bridgehead atoms. The second-order valence-electron chi connectivity index (χ2n) is 7.31. The minimum Gasteiger partial charge on any atom is -0.504 e. The predicted octanol–water partition coefficient (Wildman–Crippen LogP) is 3.25. The fourth-order valence-corrected chi connectivity index (χ4v) is 4.39. The summed E-state index contributed by atoms with van der Waals surface area (Å²) in [6.45, 7) is 6.04. The van der Waals surface area contributed by atoms with Gasteiger partial charge in [0.1, 0.15) is 5.78 Å². The highest BCUT2D eigenvalue weighted by Crippen LogP contribution is 2.56. The van der Waals surface area contributed by atoms with Crippen LogP contribution in [0.25, 0.3) is 0 Å². The highest BCUT2D eigenvalue weighted by molar-refractivity contribution is 6.01. The van der Waals surface area contributed by atoms with Gasteiger partial charge in [0.05, 0.1) is 7.11 Å². The van der Waals surface area contributed by atoms with Crippen LogP contribution >= 0.6 is 0 Å². The van der Waals surface area contributed by atoms with E-state index >= 15 is 0 Å². The quantitative estimate of drug-likeness (QED) is 0.865. The molecule has 1 fully saturated rings. The zero-order chi connectivity index (χ0) is 16.3. The topological polar surface area (TPSA) is 63.6 Å². The van der Waals surface area contributed by atoms with Gasteiger partial charge < -0.3 is 9.84 Å². The summed E-state index contributed by atoms with van der Waals surface area (Å²) in [6.07, 6.45) is 1.61. The lowest BCUT2D eigenvalue weighted by Gasteiger charge is -2.52. The number of hydrogen-bond acceptors (Lipinski definition) is 4. The summed E-state index contributed by atoms with van der Waals surface area (Å²) in [6, 6.07) is 3.29. The summed E-state index contributed by atoms with van der Waals surface area (Å²) in [4.78, 5) is 24.9. The number of carbonyl (C=O) groups excluding carboxylic acids is 2. The maximum Gasteiger partial charge on any atom is 0.163 e. The maximum absolute atomic E-state index is 12.6. The van der Waals surface area contributed by atoms with Gasteiger partial charge in [-0.15, -0.1) is 0 Å². The normalized spacial score (nSPS) is 29.7. The molecule has 4 heteroatoms. The Morgan fingerprint density at radius 3 is 2.55 bits per heavy atom. The van der Waals surface area contributed by atoms with Crippen LogP contribution < -0.4 is 4.74 Å². The van der Waals surface area contributed by atoms with Gasteiger partial charge in [-0.1, -0.05) is 20.8 Å². The van der Waals surface area contributed by atoms with E-state index in [1.165, 1.54) is 13.2 Å². The van der Waals surface area contributed by atoms with Crippen LogP contribution in [0.5, 0.6) is 11.5 Å². The van der Waals surface area contributed by atoms with Crippen molar-refractivity contribution in [1.29, 1.82) is 0 Å². The number of rotatable bonds is 1. The van der Waals surface area contributed by atoms with Crippen LogP contribution in [0.2, 0.25) is 0 Å². The minimum absolute atomic E-state index is 0.00166. The fourth-order valence-electron chi connectivity index (χ4n) is 4.39. The van der Waals surface area contributed by atoms with Crippen LogP contribution in [0.4, 0.5) is 0 Å². The monoisotopic (exact) mass is 302 g/mol. The number of fused-ring (bicyclic) bond motifs is 3. The number of ketones is 2. The third-order valence-corrected chi connectivity index (χ3v) is 5.85. The van der Waals surface area contributed by atoms with Crippen LogP contribution in [-0.2, 0) is 10.2 Å². The molecule has 0 spiro atoms. The highest BCUT2D eigenvalue weighted by atomic mass is 16.5. The van der Waals surface area contributed by atoms with Crippen molar-refractivity contribution in [1.82, 2.24) is 0 Å². The average molecular weight is 302 g/mol. The number of aromatic hydroxyl groups is 1.